The van der Waals surface area contributed by atoms with Gasteiger partial charge in [-0.15, -0.1) is 0 Å². The van der Waals surface area contributed by atoms with E-state index in [1.807, 2.05) is 13.8 Å². The van der Waals surface area contributed by atoms with Crippen LogP contribution < -0.4 is 5.32 Å². The van der Waals surface area contributed by atoms with Gasteiger partial charge in [-0.2, -0.15) is 0 Å². The van der Waals surface area contributed by atoms with Crippen molar-refractivity contribution in [1.29, 1.82) is 0 Å². The maximum Gasteiger partial charge on any atom is 0.221 e. The monoisotopic (exact) mass is 280 g/mol. The first-order chi connectivity index (χ1) is 9.50. The zero-order chi connectivity index (χ0) is 15.0. The quantitative estimate of drug-likeness (QED) is 0.729. The Morgan fingerprint density at radius 2 is 2.10 bits per heavy atom. The molecule has 0 saturated heterocycles. The van der Waals surface area contributed by atoms with Crippen LogP contribution in [0.4, 0.5) is 0 Å². The standard InChI is InChI=1S/C16H28N2O2/c1-13(2)18(14(3)19)12-10-16(20)17-11-9-15-7-5-4-6-8-15/h7,13H,4-6,8-12H2,1-3H3,(H,17,20). The van der Waals surface area contributed by atoms with Crippen molar-refractivity contribution in [2.45, 2.75) is 65.3 Å². The van der Waals surface area contributed by atoms with Crippen LogP contribution in [0.25, 0.3) is 0 Å². The summed E-state index contributed by atoms with van der Waals surface area (Å²) < 4.78 is 0. The van der Waals surface area contributed by atoms with Crippen molar-refractivity contribution < 1.29 is 9.59 Å². The summed E-state index contributed by atoms with van der Waals surface area (Å²) in [5, 5.41) is 2.95. The van der Waals surface area contributed by atoms with Gasteiger partial charge in [0.15, 0.2) is 0 Å². The smallest absolute Gasteiger partial charge is 0.221 e. The number of carbonyl (C=O) groups is 2. The van der Waals surface area contributed by atoms with E-state index in [2.05, 4.69) is 11.4 Å². The van der Waals surface area contributed by atoms with Crippen molar-refractivity contribution >= 4 is 11.8 Å². The molecule has 0 aromatic carbocycles. The summed E-state index contributed by atoms with van der Waals surface area (Å²) in [7, 11) is 0. The molecular formula is C16H28N2O2. The normalized spacial score (nSPS) is 14.9. The Morgan fingerprint density at radius 3 is 2.65 bits per heavy atom. The molecule has 4 heteroatoms. The Morgan fingerprint density at radius 1 is 1.35 bits per heavy atom. The molecule has 0 unspecified atom stereocenters. The summed E-state index contributed by atoms with van der Waals surface area (Å²) in [6.07, 6.45) is 8.61. The fourth-order valence-corrected chi connectivity index (χ4v) is 2.58. The van der Waals surface area contributed by atoms with Crippen LogP contribution in [0.3, 0.4) is 0 Å². The van der Waals surface area contributed by atoms with Crippen LogP contribution in [0.2, 0.25) is 0 Å². The molecule has 0 bridgehead atoms. The minimum absolute atomic E-state index is 0.0279. The average Bonchev–Trinajstić information content (AvgIpc) is 2.39. The van der Waals surface area contributed by atoms with Crippen molar-refractivity contribution in [1.82, 2.24) is 10.2 Å². The molecule has 0 saturated carbocycles. The van der Waals surface area contributed by atoms with E-state index < -0.39 is 0 Å². The number of allylic oxidation sites excluding steroid dienone is 1. The van der Waals surface area contributed by atoms with Crippen molar-refractivity contribution in [3.63, 3.8) is 0 Å². The Balaban J connectivity index is 2.19. The number of hydrogen-bond donors (Lipinski definition) is 1. The van der Waals surface area contributed by atoms with Gasteiger partial charge in [0, 0.05) is 32.5 Å². The van der Waals surface area contributed by atoms with Crippen LogP contribution in [-0.4, -0.2) is 35.8 Å². The molecule has 20 heavy (non-hydrogen) atoms. The Kier molecular flexibility index (Phi) is 7.34. The van der Waals surface area contributed by atoms with Crippen LogP contribution in [0, 0.1) is 0 Å². The molecule has 0 aromatic rings. The summed E-state index contributed by atoms with van der Waals surface area (Å²) in [5.74, 6) is 0.0634. The molecule has 2 amide bonds. The predicted molar refractivity (Wildman–Crippen MR) is 81.3 cm³/mol. The van der Waals surface area contributed by atoms with Gasteiger partial charge in [0.05, 0.1) is 0 Å². The lowest BCUT2D eigenvalue weighted by molar-refractivity contribution is -0.131. The Hall–Kier alpha value is -1.32. The van der Waals surface area contributed by atoms with Gasteiger partial charge in [0.1, 0.15) is 0 Å². The molecular weight excluding hydrogens is 252 g/mol. The van der Waals surface area contributed by atoms with Crippen LogP contribution >= 0.6 is 0 Å². The largest absolute Gasteiger partial charge is 0.356 e. The van der Waals surface area contributed by atoms with Gasteiger partial charge < -0.3 is 10.2 Å². The first-order valence-corrected chi connectivity index (χ1v) is 7.72. The van der Waals surface area contributed by atoms with Crippen molar-refractivity contribution in [3.8, 4) is 0 Å². The van der Waals surface area contributed by atoms with E-state index in [9.17, 15) is 9.59 Å². The first kappa shape index (κ1) is 16.7. The predicted octanol–water partition coefficient (Wildman–Crippen LogP) is 2.64. The molecule has 4 nitrogen and oxygen atoms in total. The van der Waals surface area contributed by atoms with Gasteiger partial charge in [-0.05, 0) is 46.0 Å². The van der Waals surface area contributed by atoms with Gasteiger partial charge in [-0.1, -0.05) is 11.6 Å². The molecule has 1 aliphatic rings. The van der Waals surface area contributed by atoms with E-state index in [0.717, 1.165) is 6.42 Å². The minimum Gasteiger partial charge on any atom is -0.356 e. The van der Waals surface area contributed by atoms with E-state index in [-0.39, 0.29) is 17.9 Å². The van der Waals surface area contributed by atoms with Crippen LogP contribution in [0.5, 0.6) is 0 Å². The third-order valence-corrected chi connectivity index (χ3v) is 3.76. The highest BCUT2D eigenvalue weighted by Crippen LogP contribution is 2.19. The van der Waals surface area contributed by atoms with Crippen LogP contribution in [0.1, 0.15) is 59.3 Å². The molecule has 0 heterocycles. The highest BCUT2D eigenvalue weighted by atomic mass is 16.2. The molecule has 1 N–H and O–H groups in total. The summed E-state index contributed by atoms with van der Waals surface area (Å²) in [6, 6.07) is 0.146. The van der Waals surface area contributed by atoms with Crippen molar-refractivity contribution in [2.75, 3.05) is 13.1 Å². The Bertz CT molecular complexity index is 361. The van der Waals surface area contributed by atoms with Gasteiger partial charge in [-0.3, -0.25) is 9.59 Å². The first-order valence-electron chi connectivity index (χ1n) is 7.72. The second-order valence-electron chi connectivity index (χ2n) is 5.76. The maximum absolute atomic E-state index is 11.8. The van der Waals surface area contributed by atoms with E-state index in [4.69, 9.17) is 0 Å². The number of nitrogens with one attached hydrogen (secondary N) is 1. The SMILES string of the molecule is CC(=O)N(CCC(=O)NCCC1=CCCCC1)C(C)C. The lowest BCUT2D eigenvalue weighted by atomic mass is 9.97. The summed E-state index contributed by atoms with van der Waals surface area (Å²) >= 11 is 0. The summed E-state index contributed by atoms with van der Waals surface area (Å²) in [6.45, 7) is 6.70. The minimum atomic E-state index is 0.0279. The van der Waals surface area contributed by atoms with E-state index in [1.54, 1.807) is 11.8 Å². The van der Waals surface area contributed by atoms with Gasteiger partial charge in [0.2, 0.25) is 11.8 Å². The molecule has 114 valence electrons. The van der Waals surface area contributed by atoms with Gasteiger partial charge in [-0.25, -0.2) is 0 Å². The van der Waals surface area contributed by atoms with Gasteiger partial charge in [0.25, 0.3) is 0 Å². The second-order valence-corrected chi connectivity index (χ2v) is 5.76. The molecule has 0 aromatic heterocycles. The maximum atomic E-state index is 11.8. The van der Waals surface area contributed by atoms with Crippen LogP contribution in [-0.2, 0) is 9.59 Å². The number of hydrogen-bond acceptors (Lipinski definition) is 2. The summed E-state index contributed by atoms with van der Waals surface area (Å²) in [5.41, 5.74) is 1.48. The van der Waals surface area contributed by atoms with E-state index >= 15 is 0 Å². The third-order valence-electron chi connectivity index (χ3n) is 3.76. The number of amides is 2. The molecule has 0 radical (unpaired) electrons. The zero-order valence-electron chi connectivity index (χ0n) is 13.1. The highest BCUT2D eigenvalue weighted by Gasteiger charge is 2.14. The fourth-order valence-electron chi connectivity index (χ4n) is 2.58. The Labute approximate surface area is 122 Å². The molecule has 0 spiro atoms. The highest BCUT2D eigenvalue weighted by molar-refractivity contribution is 5.78. The van der Waals surface area contributed by atoms with Crippen LogP contribution in [0.15, 0.2) is 11.6 Å². The lowest BCUT2D eigenvalue weighted by Crippen LogP contribution is -2.38. The van der Waals surface area contributed by atoms with E-state index in [1.165, 1.54) is 31.3 Å². The van der Waals surface area contributed by atoms with Gasteiger partial charge >= 0.3 is 0 Å². The molecule has 1 rings (SSSR count). The van der Waals surface area contributed by atoms with Crippen molar-refractivity contribution in [2.24, 2.45) is 0 Å². The average molecular weight is 280 g/mol. The van der Waals surface area contributed by atoms with E-state index in [0.29, 0.717) is 19.5 Å². The lowest BCUT2D eigenvalue weighted by Gasteiger charge is -2.25. The number of nitrogens with zero attached hydrogens (tertiary/aromatic N) is 1. The zero-order valence-corrected chi connectivity index (χ0v) is 13.1. The van der Waals surface area contributed by atoms with Crippen molar-refractivity contribution in [3.05, 3.63) is 11.6 Å². The molecule has 0 atom stereocenters. The molecule has 0 fully saturated rings. The second kappa shape index (κ2) is 8.77. The number of carbonyl (C=O) groups excluding carboxylic acids is 2. The molecule has 1 aliphatic carbocycles. The third kappa shape index (κ3) is 6.22. The number of rotatable bonds is 7. The topological polar surface area (TPSA) is 49.4 Å². The fraction of sp³-hybridized carbons (Fsp3) is 0.750. The summed E-state index contributed by atoms with van der Waals surface area (Å²) in [4.78, 5) is 24.9. The molecule has 0 aliphatic heterocycles.